The summed E-state index contributed by atoms with van der Waals surface area (Å²) < 4.78 is 0. The second-order valence-electron chi connectivity index (χ2n) is 2.69. The Balaban J connectivity index is 2.76. The predicted molar refractivity (Wildman–Crippen MR) is 47.9 cm³/mol. The number of non-ortho nitro benzene ring substituents is 1. The third kappa shape index (κ3) is 1.22. The average Bonchev–Trinajstić information content (AvgIpc) is 2.18. The average molecular weight is 191 g/mol. The van der Waals surface area contributed by atoms with E-state index in [1.165, 1.54) is 18.2 Å². The van der Waals surface area contributed by atoms with E-state index >= 15 is 0 Å². The molecule has 2 aromatic rings. The number of aromatic nitrogens is 2. The van der Waals surface area contributed by atoms with Crippen LogP contribution >= 0.6 is 0 Å². The van der Waals surface area contributed by atoms with Crippen molar-refractivity contribution in [1.82, 2.24) is 10.2 Å². The highest BCUT2D eigenvalue weighted by molar-refractivity contribution is 5.85. The summed E-state index contributed by atoms with van der Waals surface area (Å²) in [7, 11) is 0. The minimum atomic E-state index is -0.528. The van der Waals surface area contributed by atoms with E-state index in [2.05, 4.69) is 10.2 Å². The lowest BCUT2D eigenvalue weighted by molar-refractivity contribution is -0.384. The predicted octanol–water partition coefficient (Wildman–Crippen LogP) is 1.24. The van der Waals surface area contributed by atoms with Crippen molar-refractivity contribution in [1.29, 1.82) is 0 Å². The number of rotatable bonds is 1. The SMILES string of the molecule is O=[N+]([O-])c1ccc2nncc(O)c2c1. The van der Waals surface area contributed by atoms with Gasteiger partial charge < -0.3 is 5.11 Å². The quantitative estimate of drug-likeness (QED) is 0.541. The van der Waals surface area contributed by atoms with Crippen molar-refractivity contribution in [2.24, 2.45) is 0 Å². The van der Waals surface area contributed by atoms with Crippen LogP contribution in [0.5, 0.6) is 5.75 Å². The van der Waals surface area contributed by atoms with Gasteiger partial charge in [0.05, 0.1) is 22.0 Å². The van der Waals surface area contributed by atoms with Gasteiger partial charge in [-0.1, -0.05) is 0 Å². The van der Waals surface area contributed by atoms with Gasteiger partial charge in [0.25, 0.3) is 5.69 Å². The molecule has 1 aromatic heterocycles. The molecule has 0 aliphatic rings. The Morgan fingerprint density at radius 1 is 1.43 bits per heavy atom. The molecule has 0 atom stereocenters. The van der Waals surface area contributed by atoms with Crippen molar-refractivity contribution < 1.29 is 10.0 Å². The maximum atomic E-state index is 10.4. The Labute approximate surface area is 78.0 Å². The van der Waals surface area contributed by atoms with E-state index in [0.717, 1.165) is 6.20 Å². The van der Waals surface area contributed by atoms with E-state index in [1.54, 1.807) is 0 Å². The normalized spacial score (nSPS) is 10.3. The minimum absolute atomic E-state index is 0.0826. The van der Waals surface area contributed by atoms with Gasteiger partial charge in [-0.2, -0.15) is 10.2 Å². The van der Waals surface area contributed by atoms with Gasteiger partial charge in [0, 0.05) is 12.1 Å². The summed E-state index contributed by atoms with van der Waals surface area (Å²) in [5.41, 5.74) is 0.344. The molecule has 0 saturated heterocycles. The van der Waals surface area contributed by atoms with Gasteiger partial charge in [0.1, 0.15) is 5.75 Å². The molecular formula is C8H5N3O3. The molecular weight excluding hydrogens is 186 g/mol. The van der Waals surface area contributed by atoms with Crippen LogP contribution < -0.4 is 0 Å². The van der Waals surface area contributed by atoms with E-state index in [1.807, 2.05) is 0 Å². The molecule has 1 N–H and O–H groups in total. The molecule has 0 spiro atoms. The fraction of sp³-hybridized carbons (Fsp3) is 0. The maximum absolute atomic E-state index is 10.4. The number of nitro benzene ring substituents is 1. The van der Waals surface area contributed by atoms with Crippen LogP contribution in [-0.2, 0) is 0 Å². The number of nitro groups is 1. The molecule has 0 amide bonds. The van der Waals surface area contributed by atoms with Crippen LogP contribution in [0.3, 0.4) is 0 Å². The van der Waals surface area contributed by atoms with Crippen molar-refractivity contribution in [2.75, 3.05) is 0 Å². The summed E-state index contributed by atoms with van der Waals surface area (Å²) in [6.07, 6.45) is 1.14. The largest absolute Gasteiger partial charge is 0.506 e. The number of aromatic hydroxyl groups is 1. The number of hydrogen-bond donors (Lipinski definition) is 1. The molecule has 0 bridgehead atoms. The summed E-state index contributed by atoms with van der Waals surface area (Å²) in [4.78, 5) is 9.92. The standard InChI is InChI=1S/C8H5N3O3/c12-8-4-9-10-7-2-1-5(11(13)14)3-6(7)8/h1-4H,(H,10,12). The van der Waals surface area contributed by atoms with Crippen molar-refractivity contribution in [2.45, 2.75) is 0 Å². The van der Waals surface area contributed by atoms with Gasteiger partial charge in [-0.15, -0.1) is 0 Å². The second kappa shape index (κ2) is 2.91. The number of nitrogens with zero attached hydrogens (tertiary/aromatic N) is 3. The Bertz CT molecular complexity index is 512. The fourth-order valence-corrected chi connectivity index (χ4v) is 1.15. The second-order valence-corrected chi connectivity index (χ2v) is 2.69. The summed E-state index contributed by atoms with van der Waals surface area (Å²) >= 11 is 0. The van der Waals surface area contributed by atoms with Crippen LogP contribution in [0.1, 0.15) is 0 Å². The molecule has 0 fully saturated rings. The fourth-order valence-electron chi connectivity index (χ4n) is 1.15. The Kier molecular flexibility index (Phi) is 1.74. The van der Waals surface area contributed by atoms with Crippen LogP contribution in [0, 0.1) is 10.1 Å². The first kappa shape index (κ1) is 8.36. The van der Waals surface area contributed by atoms with Crippen LogP contribution in [-0.4, -0.2) is 20.2 Å². The lowest BCUT2D eigenvalue weighted by atomic mass is 10.2. The molecule has 0 saturated carbocycles. The van der Waals surface area contributed by atoms with Crippen LogP contribution in [0.2, 0.25) is 0 Å². The number of benzene rings is 1. The molecule has 2 rings (SSSR count). The smallest absolute Gasteiger partial charge is 0.270 e. The van der Waals surface area contributed by atoms with Gasteiger partial charge in [0.2, 0.25) is 0 Å². The Morgan fingerprint density at radius 3 is 2.93 bits per heavy atom. The van der Waals surface area contributed by atoms with Crippen molar-refractivity contribution in [3.63, 3.8) is 0 Å². The lowest BCUT2D eigenvalue weighted by Gasteiger charge is -1.97. The first-order valence-corrected chi connectivity index (χ1v) is 3.77. The summed E-state index contributed by atoms with van der Waals surface area (Å²) in [6, 6.07) is 4.02. The minimum Gasteiger partial charge on any atom is -0.506 e. The van der Waals surface area contributed by atoms with Gasteiger partial charge in [-0.3, -0.25) is 10.1 Å². The van der Waals surface area contributed by atoms with Gasteiger partial charge in [0.15, 0.2) is 0 Å². The van der Waals surface area contributed by atoms with Crippen molar-refractivity contribution >= 4 is 16.6 Å². The third-order valence-corrected chi connectivity index (χ3v) is 1.81. The molecule has 0 aliphatic heterocycles. The highest BCUT2D eigenvalue weighted by Crippen LogP contribution is 2.25. The maximum Gasteiger partial charge on any atom is 0.270 e. The molecule has 6 nitrogen and oxygen atoms in total. The first-order valence-electron chi connectivity index (χ1n) is 3.77. The molecule has 0 radical (unpaired) electrons. The molecule has 70 valence electrons. The first-order chi connectivity index (χ1) is 6.68. The van der Waals surface area contributed by atoms with Crippen LogP contribution in [0.25, 0.3) is 10.9 Å². The van der Waals surface area contributed by atoms with E-state index in [4.69, 9.17) is 0 Å². The van der Waals surface area contributed by atoms with E-state index in [0.29, 0.717) is 10.9 Å². The summed E-state index contributed by atoms with van der Waals surface area (Å²) in [5, 5.41) is 27.4. The summed E-state index contributed by atoms with van der Waals surface area (Å²) in [6.45, 7) is 0. The van der Waals surface area contributed by atoms with E-state index in [-0.39, 0.29) is 11.4 Å². The highest BCUT2D eigenvalue weighted by atomic mass is 16.6. The zero-order valence-electron chi connectivity index (χ0n) is 6.91. The topological polar surface area (TPSA) is 89.2 Å². The molecule has 0 unspecified atom stereocenters. The monoisotopic (exact) mass is 191 g/mol. The van der Waals surface area contributed by atoms with Crippen LogP contribution in [0.15, 0.2) is 24.4 Å². The van der Waals surface area contributed by atoms with Crippen molar-refractivity contribution in [3.05, 3.63) is 34.5 Å². The molecule has 0 aliphatic carbocycles. The van der Waals surface area contributed by atoms with Gasteiger partial charge >= 0.3 is 0 Å². The molecule has 1 aromatic carbocycles. The number of hydrogen-bond acceptors (Lipinski definition) is 5. The zero-order chi connectivity index (χ0) is 10.1. The molecule has 14 heavy (non-hydrogen) atoms. The third-order valence-electron chi connectivity index (χ3n) is 1.81. The van der Waals surface area contributed by atoms with Crippen molar-refractivity contribution in [3.8, 4) is 5.75 Å². The number of fused-ring (bicyclic) bond motifs is 1. The Hall–Kier alpha value is -2.24. The summed E-state index contributed by atoms with van der Waals surface area (Å²) in [5.74, 6) is -0.112. The zero-order valence-corrected chi connectivity index (χ0v) is 6.91. The highest BCUT2D eigenvalue weighted by Gasteiger charge is 2.09. The Morgan fingerprint density at radius 2 is 2.21 bits per heavy atom. The van der Waals surface area contributed by atoms with Gasteiger partial charge in [-0.25, -0.2) is 0 Å². The molecule has 1 heterocycles. The van der Waals surface area contributed by atoms with Gasteiger partial charge in [-0.05, 0) is 6.07 Å². The van der Waals surface area contributed by atoms with E-state index < -0.39 is 4.92 Å². The molecule has 6 heteroatoms. The lowest BCUT2D eigenvalue weighted by Crippen LogP contribution is -1.89. The van der Waals surface area contributed by atoms with E-state index in [9.17, 15) is 15.2 Å². The van der Waals surface area contributed by atoms with Crippen LogP contribution in [0.4, 0.5) is 5.69 Å².